The molecule has 0 N–H and O–H groups in total. The number of hydrogen-bond acceptors (Lipinski definition) is 0. The summed E-state index contributed by atoms with van der Waals surface area (Å²) < 4.78 is 0. The molecular weight excluding hydrogens is 264 g/mol. The summed E-state index contributed by atoms with van der Waals surface area (Å²) >= 11 is 0. The molecule has 0 aliphatic carbocycles. The van der Waals surface area contributed by atoms with Crippen molar-refractivity contribution >= 4 is 0 Å². The maximum absolute atomic E-state index is 2.36. The Morgan fingerprint density at radius 3 is 1.91 bits per heavy atom. The molecular formula is C22H38. The molecule has 0 heteroatoms. The summed E-state index contributed by atoms with van der Waals surface area (Å²) in [6.07, 6.45) is 24.1. The van der Waals surface area contributed by atoms with Gasteiger partial charge in [-0.3, -0.25) is 0 Å². The van der Waals surface area contributed by atoms with E-state index in [2.05, 4.69) is 71.1 Å². The maximum atomic E-state index is 2.36. The Morgan fingerprint density at radius 1 is 0.818 bits per heavy atom. The molecule has 0 aromatic rings. The predicted molar refractivity (Wildman–Crippen MR) is 103 cm³/mol. The van der Waals surface area contributed by atoms with Gasteiger partial charge >= 0.3 is 0 Å². The van der Waals surface area contributed by atoms with Gasteiger partial charge in [0, 0.05) is 0 Å². The maximum Gasteiger partial charge on any atom is -0.0282 e. The van der Waals surface area contributed by atoms with E-state index in [1.807, 2.05) is 0 Å². The summed E-state index contributed by atoms with van der Waals surface area (Å²) in [6, 6.07) is 0. The zero-order valence-corrected chi connectivity index (χ0v) is 15.7. The highest BCUT2D eigenvalue weighted by Crippen LogP contribution is 2.16. The van der Waals surface area contributed by atoms with Gasteiger partial charge in [0.05, 0.1) is 0 Å². The molecule has 0 saturated carbocycles. The van der Waals surface area contributed by atoms with Crippen molar-refractivity contribution in [1.29, 1.82) is 0 Å². The fraction of sp³-hybridized carbons (Fsp3) is 0.636. The van der Waals surface area contributed by atoms with Crippen molar-refractivity contribution in [2.45, 2.75) is 86.0 Å². The van der Waals surface area contributed by atoms with Crippen molar-refractivity contribution in [2.75, 3.05) is 0 Å². The highest BCUT2D eigenvalue weighted by molar-refractivity contribution is 5.18. The van der Waals surface area contributed by atoms with E-state index in [1.165, 1.54) is 56.1 Å². The highest BCUT2D eigenvalue weighted by atomic mass is 14.0. The van der Waals surface area contributed by atoms with E-state index in [0.717, 1.165) is 6.42 Å². The first-order chi connectivity index (χ1) is 10.6. The van der Waals surface area contributed by atoms with E-state index in [9.17, 15) is 0 Å². The summed E-state index contributed by atoms with van der Waals surface area (Å²) in [7, 11) is 0. The van der Waals surface area contributed by atoms with Crippen LogP contribution >= 0.6 is 0 Å². The van der Waals surface area contributed by atoms with Crippen molar-refractivity contribution in [3.63, 3.8) is 0 Å². The van der Waals surface area contributed by atoms with Gasteiger partial charge in [0.25, 0.3) is 0 Å². The molecule has 0 saturated heterocycles. The van der Waals surface area contributed by atoms with Gasteiger partial charge in [-0.25, -0.2) is 0 Å². The lowest BCUT2D eigenvalue weighted by atomic mass is 10.0. The topological polar surface area (TPSA) is 0 Å². The molecule has 0 atom stereocenters. The Kier molecular flexibility index (Phi) is 14.2. The van der Waals surface area contributed by atoms with E-state index in [1.54, 1.807) is 0 Å². The van der Waals surface area contributed by atoms with Crippen LogP contribution in [0.4, 0.5) is 0 Å². The van der Waals surface area contributed by atoms with E-state index in [0.29, 0.717) is 5.92 Å². The van der Waals surface area contributed by atoms with E-state index >= 15 is 0 Å². The first-order valence-corrected chi connectivity index (χ1v) is 9.29. The van der Waals surface area contributed by atoms with Crippen molar-refractivity contribution in [3.8, 4) is 0 Å². The van der Waals surface area contributed by atoms with Crippen LogP contribution < -0.4 is 0 Å². The molecule has 0 unspecified atom stereocenters. The van der Waals surface area contributed by atoms with Gasteiger partial charge in [0.15, 0.2) is 0 Å². The minimum atomic E-state index is 0.650. The molecule has 0 aromatic carbocycles. The van der Waals surface area contributed by atoms with Crippen molar-refractivity contribution in [1.82, 2.24) is 0 Å². The van der Waals surface area contributed by atoms with Crippen LogP contribution in [0, 0.1) is 5.92 Å². The predicted octanol–water partition coefficient (Wildman–Crippen LogP) is 7.79. The van der Waals surface area contributed by atoms with Gasteiger partial charge in [0.1, 0.15) is 0 Å². The van der Waals surface area contributed by atoms with Gasteiger partial charge in [-0.15, -0.1) is 0 Å². The average molecular weight is 303 g/mol. The van der Waals surface area contributed by atoms with Crippen LogP contribution in [-0.2, 0) is 0 Å². The zero-order valence-electron chi connectivity index (χ0n) is 15.7. The molecule has 0 fully saturated rings. The van der Waals surface area contributed by atoms with Crippen LogP contribution in [0.25, 0.3) is 0 Å². The number of rotatable bonds is 12. The van der Waals surface area contributed by atoms with Crippen LogP contribution in [0.1, 0.15) is 86.0 Å². The van der Waals surface area contributed by atoms with Crippen LogP contribution in [0.15, 0.2) is 47.6 Å². The minimum absolute atomic E-state index is 0.650. The summed E-state index contributed by atoms with van der Waals surface area (Å²) in [5.41, 5.74) is 3.01. The smallest absolute Gasteiger partial charge is 0.0282 e. The van der Waals surface area contributed by atoms with Crippen molar-refractivity contribution in [3.05, 3.63) is 47.6 Å². The molecule has 22 heavy (non-hydrogen) atoms. The SMILES string of the molecule is C/C=C\C(=C/CC)CCCCCCCC(/C=C\C(C)C)=C/C. The Balaban J connectivity index is 3.75. The second-order valence-corrected chi connectivity index (χ2v) is 6.42. The lowest BCUT2D eigenvalue weighted by Crippen LogP contribution is -1.85. The van der Waals surface area contributed by atoms with Gasteiger partial charge in [-0.1, -0.05) is 87.6 Å². The third-order valence-corrected chi connectivity index (χ3v) is 3.84. The van der Waals surface area contributed by atoms with E-state index < -0.39 is 0 Å². The van der Waals surface area contributed by atoms with Crippen molar-refractivity contribution < 1.29 is 0 Å². The molecule has 0 nitrogen and oxygen atoms in total. The number of allylic oxidation sites excluding steroid dienone is 8. The zero-order chi connectivity index (χ0) is 16.6. The van der Waals surface area contributed by atoms with Gasteiger partial charge in [-0.2, -0.15) is 0 Å². The Morgan fingerprint density at radius 2 is 1.41 bits per heavy atom. The molecule has 0 heterocycles. The molecule has 0 spiro atoms. The van der Waals surface area contributed by atoms with Gasteiger partial charge < -0.3 is 0 Å². The lowest BCUT2D eigenvalue weighted by Gasteiger charge is -2.05. The van der Waals surface area contributed by atoms with Crippen LogP contribution in [0.3, 0.4) is 0 Å². The third kappa shape index (κ3) is 12.7. The fourth-order valence-electron chi connectivity index (χ4n) is 2.56. The molecule has 0 aromatic heterocycles. The van der Waals surface area contributed by atoms with Crippen LogP contribution in [0.5, 0.6) is 0 Å². The second kappa shape index (κ2) is 14.9. The highest BCUT2D eigenvalue weighted by Gasteiger charge is 1.96. The average Bonchev–Trinajstić information content (AvgIpc) is 2.49. The summed E-state index contributed by atoms with van der Waals surface area (Å²) in [6.45, 7) is 11.0. The molecule has 126 valence electrons. The molecule has 0 amide bonds. The standard InChI is InChI=1S/C22H38/c1-6-14-22(15-7-2)17-13-11-9-10-12-16-21(8-3)19-18-20(4)5/h6,8,14-15,18-20H,7,9-13,16-17H2,1-5H3/b14-6-,19-18-,21-8-,22-15+. The van der Waals surface area contributed by atoms with Gasteiger partial charge in [0.2, 0.25) is 0 Å². The largest absolute Gasteiger partial charge is 0.0874 e. The Hall–Kier alpha value is -1.04. The summed E-state index contributed by atoms with van der Waals surface area (Å²) in [5, 5.41) is 0. The molecule has 0 bridgehead atoms. The first kappa shape index (κ1) is 21.0. The molecule has 0 aliphatic heterocycles. The number of unbranched alkanes of at least 4 members (excludes halogenated alkanes) is 4. The monoisotopic (exact) mass is 302 g/mol. The molecule has 0 rings (SSSR count). The third-order valence-electron chi connectivity index (χ3n) is 3.84. The second-order valence-electron chi connectivity index (χ2n) is 6.42. The molecule has 0 aliphatic rings. The minimum Gasteiger partial charge on any atom is -0.0874 e. The lowest BCUT2D eigenvalue weighted by molar-refractivity contribution is 0.614. The summed E-state index contributed by atoms with van der Waals surface area (Å²) in [5.74, 6) is 0.650. The van der Waals surface area contributed by atoms with Crippen molar-refractivity contribution in [2.24, 2.45) is 5.92 Å². The first-order valence-electron chi connectivity index (χ1n) is 9.29. The van der Waals surface area contributed by atoms with E-state index in [4.69, 9.17) is 0 Å². The van der Waals surface area contributed by atoms with E-state index in [-0.39, 0.29) is 0 Å². The Labute approximate surface area is 140 Å². The normalized spacial score (nSPS) is 13.9. The Bertz CT molecular complexity index is 363. The van der Waals surface area contributed by atoms with Crippen LogP contribution in [-0.4, -0.2) is 0 Å². The fourth-order valence-corrected chi connectivity index (χ4v) is 2.56. The molecule has 0 radical (unpaired) electrons. The number of hydrogen-bond donors (Lipinski definition) is 0. The van der Waals surface area contributed by atoms with Gasteiger partial charge in [-0.05, 0) is 51.9 Å². The summed E-state index contributed by atoms with van der Waals surface area (Å²) in [4.78, 5) is 0. The van der Waals surface area contributed by atoms with Crippen LogP contribution in [0.2, 0.25) is 0 Å². The quantitative estimate of drug-likeness (QED) is 0.255.